The van der Waals surface area contributed by atoms with E-state index in [2.05, 4.69) is 25.8 Å². The van der Waals surface area contributed by atoms with Gasteiger partial charge in [0.05, 0.1) is 16.5 Å². The number of fused-ring (bicyclic) bond motifs is 3. The smallest absolute Gasteiger partial charge is 0.320 e. The van der Waals surface area contributed by atoms with Crippen molar-refractivity contribution in [2.45, 2.75) is 49.9 Å². The van der Waals surface area contributed by atoms with Crippen molar-refractivity contribution in [1.29, 1.82) is 0 Å². The largest absolute Gasteiger partial charge is 0.508 e. The van der Waals surface area contributed by atoms with Crippen molar-refractivity contribution in [2.24, 2.45) is 0 Å². The summed E-state index contributed by atoms with van der Waals surface area (Å²) in [6.07, 6.45) is 9.85. The van der Waals surface area contributed by atoms with Gasteiger partial charge in [0.1, 0.15) is 41.7 Å². The number of pyridine rings is 1. The normalized spacial score (nSPS) is 22.5. The van der Waals surface area contributed by atoms with Crippen LogP contribution in [0.2, 0.25) is 0 Å². The number of aromatic hydroxyl groups is 1. The molecule has 0 amide bonds. The van der Waals surface area contributed by atoms with Gasteiger partial charge in [-0.2, -0.15) is 9.97 Å². The fourth-order valence-corrected chi connectivity index (χ4v) is 6.10. The maximum Gasteiger partial charge on any atom is 0.320 e. The zero-order valence-electron chi connectivity index (χ0n) is 21.5. The van der Waals surface area contributed by atoms with Crippen LogP contribution in [0, 0.1) is 24.0 Å². The Morgan fingerprint density at radius 3 is 2.85 bits per heavy atom. The van der Waals surface area contributed by atoms with Crippen LogP contribution in [0.3, 0.4) is 0 Å². The second-order valence-corrected chi connectivity index (χ2v) is 10.8. The average Bonchev–Trinajstić information content (AvgIpc) is 3.58. The maximum absolute atomic E-state index is 16.3. The van der Waals surface area contributed by atoms with E-state index in [4.69, 9.17) is 15.9 Å². The Morgan fingerprint density at radius 2 is 2.05 bits per heavy atom. The van der Waals surface area contributed by atoms with Crippen molar-refractivity contribution in [1.82, 2.24) is 19.9 Å². The van der Waals surface area contributed by atoms with E-state index in [0.717, 1.165) is 32.2 Å². The monoisotopic (exact) mass is 546 g/mol. The Hall–Kier alpha value is -4.10. The molecule has 1 saturated carbocycles. The fraction of sp³-hybridized carbons (Fsp3) is 0.367. The Kier molecular flexibility index (Phi) is 5.75. The third kappa shape index (κ3) is 4.07. The van der Waals surface area contributed by atoms with Gasteiger partial charge in [-0.1, -0.05) is 12.0 Å². The second kappa shape index (κ2) is 9.24. The highest BCUT2D eigenvalue weighted by Gasteiger charge is 2.49. The average molecular weight is 547 g/mol. The van der Waals surface area contributed by atoms with Crippen LogP contribution in [-0.4, -0.2) is 62.5 Å². The molecule has 3 aliphatic rings. The van der Waals surface area contributed by atoms with Crippen molar-refractivity contribution in [2.75, 3.05) is 19.7 Å². The van der Waals surface area contributed by atoms with Crippen LogP contribution in [0.4, 0.5) is 13.2 Å². The van der Waals surface area contributed by atoms with Gasteiger partial charge in [0.2, 0.25) is 5.88 Å². The van der Waals surface area contributed by atoms with Crippen molar-refractivity contribution in [3.05, 3.63) is 47.7 Å². The number of aromatic nitrogens is 3. The van der Waals surface area contributed by atoms with E-state index in [1.54, 1.807) is 0 Å². The lowest BCUT2D eigenvalue weighted by molar-refractivity contribution is 0.106. The Morgan fingerprint density at radius 1 is 1.20 bits per heavy atom. The Labute approximate surface area is 228 Å². The number of ether oxygens (including phenoxy) is 2. The van der Waals surface area contributed by atoms with Gasteiger partial charge in [0, 0.05) is 30.1 Å². The molecule has 7 rings (SSSR count). The van der Waals surface area contributed by atoms with Crippen LogP contribution in [0.1, 0.15) is 37.7 Å². The minimum absolute atomic E-state index is 0.0455. The van der Waals surface area contributed by atoms with Gasteiger partial charge < -0.3 is 14.6 Å². The first-order chi connectivity index (χ1) is 19.3. The van der Waals surface area contributed by atoms with Gasteiger partial charge in [-0.15, -0.1) is 6.42 Å². The minimum Gasteiger partial charge on any atom is -0.508 e. The van der Waals surface area contributed by atoms with E-state index in [-0.39, 0.29) is 63.5 Å². The number of nitrogens with zero attached hydrogens (tertiary/aromatic N) is 4. The summed E-state index contributed by atoms with van der Waals surface area (Å²) in [5, 5.41) is 11.3. The molecule has 2 aromatic heterocycles. The molecule has 3 fully saturated rings. The van der Waals surface area contributed by atoms with E-state index < -0.39 is 23.3 Å². The van der Waals surface area contributed by atoms with Crippen LogP contribution in [0.15, 0.2) is 30.5 Å². The van der Waals surface area contributed by atoms with Crippen LogP contribution >= 0.6 is 0 Å². The summed E-state index contributed by atoms with van der Waals surface area (Å²) < 4.78 is 57.2. The first-order valence-electron chi connectivity index (χ1n) is 13.3. The highest BCUT2D eigenvalue weighted by molar-refractivity contribution is 6.02. The molecule has 0 spiro atoms. The molecule has 1 N–H and O–H groups in total. The molecule has 7 nitrogen and oxygen atoms in total. The maximum atomic E-state index is 16.3. The lowest BCUT2D eigenvalue weighted by atomic mass is 9.95. The van der Waals surface area contributed by atoms with Crippen molar-refractivity contribution in [3.63, 3.8) is 0 Å². The molecule has 4 aromatic rings. The zero-order chi connectivity index (χ0) is 27.6. The van der Waals surface area contributed by atoms with Crippen LogP contribution in [-0.2, 0) is 0 Å². The summed E-state index contributed by atoms with van der Waals surface area (Å²) in [7, 11) is 0. The summed E-state index contributed by atoms with van der Waals surface area (Å²) >= 11 is 0. The molecule has 204 valence electrons. The summed E-state index contributed by atoms with van der Waals surface area (Å²) in [4.78, 5) is 15.2. The van der Waals surface area contributed by atoms with Crippen LogP contribution in [0.25, 0.3) is 32.9 Å². The molecule has 10 heteroatoms. The number of hydrogen-bond acceptors (Lipinski definition) is 7. The van der Waals surface area contributed by atoms with Gasteiger partial charge in [-0.3, -0.25) is 9.88 Å². The number of hydrogen-bond donors (Lipinski definition) is 1. The number of rotatable bonds is 6. The summed E-state index contributed by atoms with van der Waals surface area (Å²) in [5.41, 5.74) is -0.659. The molecule has 0 unspecified atom stereocenters. The van der Waals surface area contributed by atoms with E-state index in [1.807, 2.05) is 0 Å². The zero-order valence-corrected chi connectivity index (χ0v) is 21.5. The second-order valence-electron chi connectivity index (χ2n) is 10.8. The summed E-state index contributed by atoms with van der Waals surface area (Å²) in [6.45, 7) is 1.35. The van der Waals surface area contributed by atoms with Gasteiger partial charge in [0.25, 0.3) is 0 Å². The molecule has 2 aromatic carbocycles. The highest BCUT2D eigenvalue weighted by Crippen LogP contribution is 2.42. The van der Waals surface area contributed by atoms with Gasteiger partial charge in [0.15, 0.2) is 5.82 Å². The quantitative estimate of drug-likeness (QED) is 0.329. The molecule has 2 aliphatic heterocycles. The fourth-order valence-electron chi connectivity index (χ4n) is 6.10. The topological polar surface area (TPSA) is 80.6 Å². The Balaban J connectivity index is 1.35. The third-order valence-electron chi connectivity index (χ3n) is 8.11. The van der Waals surface area contributed by atoms with Gasteiger partial charge >= 0.3 is 6.01 Å². The molecule has 4 heterocycles. The molecular weight excluding hydrogens is 521 g/mol. The molecular formula is C30H25F3N4O3. The Bertz CT molecular complexity index is 1720. The van der Waals surface area contributed by atoms with E-state index in [0.29, 0.717) is 18.4 Å². The predicted molar refractivity (Wildman–Crippen MR) is 142 cm³/mol. The van der Waals surface area contributed by atoms with E-state index >= 15 is 4.39 Å². The summed E-state index contributed by atoms with van der Waals surface area (Å²) in [6, 6.07) is 5.29. The highest BCUT2D eigenvalue weighted by atomic mass is 19.1. The molecule has 2 atom stereocenters. The predicted octanol–water partition coefficient (Wildman–Crippen LogP) is 5.31. The third-order valence-corrected chi connectivity index (χ3v) is 8.11. The number of alkyl halides is 1. The van der Waals surface area contributed by atoms with Crippen LogP contribution < -0.4 is 9.47 Å². The molecule has 2 saturated heterocycles. The van der Waals surface area contributed by atoms with Crippen molar-refractivity contribution < 1.29 is 27.8 Å². The molecule has 0 bridgehead atoms. The number of phenolic OH excluding ortho intramolecular Hbond substituents is 1. The first kappa shape index (κ1) is 24.9. The standard InChI is InChI=1S/C30H25F3N4O3/c1-2-20-23(32)7-4-16-10-18(38)11-21(24(16)20)26-25(33)27-22(13-34-26)28(40-19-5-6-19)36-29(35-27)39-15-30-8-3-9-37(30)14-17(31)12-30/h1,4,7,10-11,13,17,19,38H,3,5-6,8-9,12,14-15H2/t17-,30+/m1/s1. The van der Waals surface area contributed by atoms with Crippen LogP contribution in [0.5, 0.6) is 17.6 Å². The SMILES string of the molecule is C#Cc1c(F)ccc2cc(O)cc(-c3ncc4c(OC5CC5)nc(OC[C@@]56CCCN5C[C@H](F)C6)nc4c3F)c12. The van der Waals surface area contributed by atoms with Gasteiger partial charge in [-0.25, -0.2) is 13.2 Å². The summed E-state index contributed by atoms with van der Waals surface area (Å²) in [5.74, 6) is 0.843. The van der Waals surface area contributed by atoms with E-state index in [9.17, 15) is 13.9 Å². The van der Waals surface area contributed by atoms with Crippen molar-refractivity contribution >= 4 is 21.7 Å². The van der Waals surface area contributed by atoms with Gasteiger partial charge in [-0.05, 0) is 55.8 Å². The lowest BCUT2D eigenvalue weighted by Gasteiger charge is -2.30. The molecule has 40 heavy (non-hydrogen) atoms. The first-order valence-corrected chi connectivity index (χ1v) is 13.3. The number of phenols is 1. The number of halogens is 3. The molecule has 1 aliphatic carbocycles. The van der Waals surface area contributed by atoms with E-state index in [1.165, 1.54) is 30.5 Å². The molecule has 0 radical (unpaired) electrons. The number of benzene rings is 2. The number of terminal acetylenes is 1. The lowest BCUT2D eigenvalue weighted by Crippen LogP contribution is -2.43. The van der Waals surface area contributed by atoms with Crippen molar-refractivity contribution in [3.8, 4) is 41.2 Å². The minimum atomic E-state index is -0.920.